The third-order valence-corrected chi connectivity index (χ3v) is 5.10. The van der Waals surface area contributed by atoms with Crippen molar-refractivity contribution in [3.05, 3.63) is 54.9 Å². The maximum atomic E-state index is 12.4. The van der Waals surface area contributed by atoms with Crippen molar-refractivity contribution in [2.24, 2.45) is 0 Å². The van der Waals surface area contributed by atoms with Gasteiger partial charge in [0.15, 0.2) is 11.0 Å². The second-order valence-electron chi connectivity index (χ2n) is 6.17. The van der Waals surface area contributed by atoms with Gasteiger partial charge in [0.05, 0.1) is 5.75 Å². The van der Waals surface area contributed by atoms with E-state index in [4.69, 9.17) is 0 Å². The number of thioether (sulfide) groups is 1. The Morgan fingerprint density at radius 2 is 1.85 bits per heavy atom. The highest BCUT2D eigenvalue weighted by molar-refractivity contribution is 7.99. The van der Waals surface area contributed by atoms with Gasteiger partial charge in [0.2, 0.25) is 5.91 Å². The molecule has 2 aromatic heterocycles. The summed E-state index contributed by atoms with van der Waals surface area (Å²) in [7, 11) is 1.85. The molecule has 140 valence electrons. The largest absolute Gasteiger partial charge is 0.345 e. The number of pyridine rings is 1. The highest BCUT2D eigenvalue weighted by Crippen LogP contribution is 2.27. The molecule has 7 heteroatoms. The molecule has 0 aliphatic heterocycles. The van der Waals surface area contributed by atoms with E-state index in [1.165, 1.54) is 11.8 Å². The lowest BCUT2D eigenvalue weighted by Crippen LogP contribution is -2.29. The van der Waals surface area contributed by atoms with Crippen molar-refractivity contribution in [1.82, 2.24) is 24.6 Å². The summed E-state index contributed by atoms with van der Waals surface area (Å²) in [5.74, 6) is 1.17. The van der Waals surface area contributed by atoms with Crippen molar-refractivity contribution in [3.8, 4) is 17.1 Å². The van der Waals surface area contributed by atoms with Crippen molar-refractivity contribution in [1.29, 1.82) is 0 Å². The number of amides is 1. The number of rotatable bonds is 8. The predicted molar refractivity (Wildman–Crippen MR) is 108 cm³/mol. The van der Waals surface area contributed by atoms with E-state index in [-0.39, 0.29) is 5.91 Å². The highest BCUT2D eigenvalue weighted by atomic mass is 32.2. The molecule has 0 aliphatic rings. The summed E-state index contributed by atoms with van der Waals surface area (Å²) in [6.07, 6.45) is 5.55. The molecule has 0 aliphatic carbocycles. The number of nitrogens with zero attached hydrogens (tertiary/aromatic N) is 5. The van der Waals surface area contributed by atoms with Gasteiger partial charge in [0.1, 0.15) is 0 Å². The molecule has 1 amide bonds. The van der Waals surface area contributed by atoms with Crippen LogP contribution in [0.1, 0.15) is 19.8 Å². The summed E-state index contributed by atoms with van der Waals surface area (Å²) < 4.78 is 1.99. The first-order chi connectivity index (χ1) is 13.2. The Labute approximate surface area is 163 Å². The lowest BCUT2D eigenvalue weighted by molar-refractivity contribution is -0.127. The topological polar surface area (TPSA) is 63.9 Å². The van der Waals surface area contributed by atoms with Gasteiger partial charge >= 0.3 is 0 Å². The van der Waals surface area contributed by atoms with E-state index < -0.39 is 0 Å². The second kappa shape index (κ2) is 9.32. The fourth-order valence-corrected chi connectivity index (χ4v) is 3.51. The van der Waals surface area contributed by atoms with Crippen LogP contribution in [-0.2, 0) is 4.79 Å². The third-order valence-electron chi connectivity index (χ3n) is 4.18. The lowest BCUT2D eigenvalue weighted by Gasteiger charge is -2.16. The van der Waals surface area contributed by atoms with Gasteiger partial charge in [-0.25, -0.2) is 0 Å². The highest BCUT2D eigenvalue weighted by Gasteiger charge is 2.18. The normalized spacial score (nSPS) is 10.7. The number of carbonyl (C=O) groups excluding carboxylic acids is 1. The van der Waals surface area contributed by atoms with E-state index in [1.54, 1.807) is 17.3 Å². The van der Waals surface area contributed by atoms with Gasteiger partial charge in [-0.15, -0.1) is 10.2 Å². The Bertz CT molecular complexity index is 867. The Hall–Kier alpha value is -2.67. The van der Waals surface area contributed by atoms with Crippen molar-refractivity contribution in [2.45, 2.75) is 24.9 Å². The zero-order valence-electron chi connectivity index (χ0n) is 15.6. The molecule has 27 heavy (non-hydrogen) atoms. The minimum atomic E-state index is 0.0986. The van der Waals surface area contributed by atoms with Gasteiger partial charge < -0.3 is 4.90 Å². The fourth-order valence-electron chi connectivity index (χ4n) is 2.62. The van der Waals surface area contributed by atoms with Crippen LogP contribution >= 0.6 is 11.8 Å². The maximum Gasteiger partial charge on any atom is 0.232 e. The number of hydrogen-bond donors (Lipinski definition) is 0. The summed E-state index contributed by atoms with van der Waals surface area (Å²) >= 11 is 1.41. The van der Waals surface area contributed by atoms with Crippen molar-refractivity contribution >= 4 is 17.7 Å². The van der Waals surface area contributed by atoms with Crippen molar-refractivity contribution in [3.63, 3.8) is 0 Å². The molecule has 0 N–H and O–H groups in total. The molecule has 0 spiro atoms. The molecular formula is C20H23N5OS. The monoisotopic (exact) mass is 381 g/mol. The van der Waals surface area contributed by atoms with Gasteiger partial charge in [-0.3, -0.25) is 14.3 Å². The van der Waals surface area contributed by atoms with Crippen LogP contribution in [0.3, 0.4) is 0 Å². The van der Waals surface area contributed by atoms with E-state index in [9.17, 15) is 4.79 Å². The number of benzene rings is 1. The summed E-state index contributed by atoms with van der Waals surface area (Å²) in [4.78, 5) is 18.2. The third kappa shape index (κ3) is 4.74. The molecule has 0 bridgehead atoms. The lowest BCUT2D eigenvalue weighted by atomic mass is 10.2. The summed E-state index contributed by atoms with van der Waals surface area (Å²) in [5.41, 5.74) is 1.89. The van der Waals surface area contributed by atoms with Crippen LogP contribution in [0, 0.1) is 0 Å². The summed E-state index contributed by atoms with van der Waals surface area (Å²) in [5, 5.41) is 9.42. The van der Waals surface area contributed by atoms with E-state index >= 15 is 0 Å². The first-order valence-corrected chi connectivity index (χ1v) is 9.97. The van der Waals surface area contributed by atoms with Crippen LogP contribution in [0.15, 0.2) is 60.0 Å². The predicted octanol–water partition coefficient (Wildman–Crippen LogP) is 3.68. The maximum absolute atomic E-state index is 12.4. The zero-order valence-corrected chi connectivity index (χ0v) is 16.4. The zero-order chi connectivity index (χ0) is 19.1. The first-order valence-electron chi connectivity index (χ1n) is 8.98. The van der Waals surface area contributed by atoms with E-state index in [0.29, 0.717) is 10.9 Å². The van der Waals surface area contributed by atoms with Crippen LogP contribution in [0.2, 0.25) is 0 Å². The molecular weight excluding hydrogens is 358 g/mol. The Morgan fingerprint density at radius 3 is 2.56 bits per heavy atom. The molecule has 0 radical (unpaired) electrons. The van der Waals surface area contributed by atoms with E-state index in [2.05, 4.69) is 22.1 Å². The van der Waals surface area contributed by atoms with Crippen LogP contribution in [-0.4, -0.2) is 49.9 Å². The number of para-hydroxylation sites is 1. The molecule has 0 fully saturated rings. The Balaban J connectivity index is 1.86. The van der Waals surface area contributed by atoms with Crippen LogP contribution in [0.25, 0.3) is 17.1 Å². The van der Waals surface area contributed by atoms with Gasteiger partial charge in [-0.05, 0) is 30.7 Å². The quantitative estimate of drug-likeness (QED) is 0.557. The summed E-state index contributed by atoms with van der Waals surface area (Å²) in [6.45, 7) is 2.90. The molecule has 0 atom stereocenters. The molecule has 0 saturated heterocycles. The van der Waals surface area contributed by atoms with E-state index in [1.807, 2.05) is 54.1 Å². The van der Waals surface area contributed by atoms with Crippen LogP contribution in [0.5, 0.6) is 0 Å². The number of hydrogen-bond acceptors (Lipinski definition) is 5. The Morgan fingerprint density at radius 1 is 1.11 bits per heavy atom. The average molecular weight is 382 g/mol. The SMILES string of the molecule is CCCCN(C)C(=O)CSc1nnc(-c2ccncc2)n1-c1ccccc1. The van der Waals surface area contributed by atoms with Crippen LogP contribution in [0.4, 0.5) is 0 Å². The van der Waals surface area contributed by atoms with E-state index in [0.717, 1.165) is 36.5 Å². The van der Waals surface area contributed by atoms with Gasteiger partial charge in [0, 0.05) is 37.2 Å². The molecule has 2 heterocycles. The van der Waals surface area contributed by atoms with Crippen molar-refractivity contribution < 1.29 is 4.79 Å². The molecule has 1 aromatic carbocycles. The molecule has 3 rings (SSSR count). The molecule has 3 aromatic rings. The van der Waals surface area contributed by atoms with Gasteiger partial charge in [-0.2, -0.15) is 0 Å². The first kappa shape index (κ1) is 19.1. The molecule has 6 nitrogen and oxygen atoms in total. The Kier molecular flexibility index (Phi) is 6.59. The molecule has 0 unspecified atom stereocenters. The second-order valence-corrected chi connectivity index (χ2v) is 7.11. The van der Waals surface area contributed by atoms with Crippen LogP contribution < -0.4 is 0 Å². The standard InChI is InChI=1S/C20H23N5OS/c1-3-4-14-24(2)18(26)15-27-20-23-22-19(16-10-12-21-13-11-16)25(20)17-8-6-5-7-9-17/h5-13H,3-4,14-15H2,1-2H3. The molecule has 0 saturated carbocycles. The number of unbranched alkanes of at least 4 members (excludes halogenated alkanes) is 1. The summed E-state index contributed by atoms with van der Waals surface area (Å²) in [6, 6.07) is 13.7. The minimum absolute atomic E-state index is 0.0986. The van der Waals surface area contributed by atoms with Gasteiger partial charge in [0.25, 0.3) is 0 Å². The van der Waals surface area contributed by atoms with Crippen molar-refractivity contribution in [2.75, 3.05) is 19.3 Å². The fraction of sp³-hybridized carbons (Fsp3) is 0.300. The van der Waals surface area contributed by atoms with Gasteiger partial charge in [-0.1, -0.05) is 43.3 Å². The minimum Gasteiger partial charge on any atom is -0.345 e. The number of aromatic nitrogens is 4. The number of carbonyl (C=O) groups is 1. The average Bonchev–Trinajstić information content (AvgIpc) is 3.15. The smallest absolute Gasteiger partial charge is 0.232 e.